The molecule has 0 spiro atoms. The van der Waals surface area contributed by atoms with Gasteiger partial charge in [0.25, 0.3) is 0 Å². The van der Waals surface area contributed by atoms with Gasteiger partial charge >= 0.3 is 0 Å². The topological polar surface area (TPSA) is 44.3 Å². The Kier molecular flexibility index (Phi) is 5.46. The Morgan fingerprint density at radius 2 is 1.95 bits per heavy atom. The zero-order valence-corrected chi connectivity index (χ0v) is 13.1. The fourth-order valence-electron chi connectivity index (χ4n) is 2.42. The third-order valence-corrected chi connectivity index (χ3v) is 3.76. The molecule has 1 saturated heterocycles. The van der Waals surface area contributed by atoms with Crippen molar-refractivity contribution in [1.82, 2.24) is 25.1 Å². The molecule has 0 amide bonds. The fraction of sp³-hybridized carbons (Fsp3) is 0.733. The van der Waals surface area contributed by atoms with E-state index in [1.54, 1.807) is 0 Å². The van der Waals surface area contributed by atoms with Crippen molar-refractivity contribution < 1.29 is 0 Å². The van der Waals surface area contributed by atoms with Gasteiger partial charge in [0.1, 0.15) is 5.82 Å². The van der Waals surface area contributed by atoms with Gasteiger partial charge in [0.15, 0.2) is 0 Å². The van der Waals surface area contributed by atoms with Crippen LogP contribution in [0.15, 0.2) is 12.4 Å². The summed E-state index contributed by atoms with van der Waals surface area (Å²) >= 11 is 0. The number of nitrogens with zero attached hydrogens (tertiary/aromatic N) is 4. The fourth-order valence-corrected chi connectivity index (χ4v) is 2.42. The van der Waals surface area contributed by atoms with E-state index in [0.717, 1.165) is 44.1 Å². The molecule has 1 atom stereocenters. The van der Waals surface area contributed by atoms with Crippen LogP contribution in [0.25, 0.3) is 0 Å². The molecule has 1 aliphatic heterocycles. The smallest absolute Gasteiger partial charge is 0.146 e. The minimum atomic E-state index is 0.312. The van der Waals surface area contributed by atoms with E-state index in [9.17, 15) is 0 Å². The van der Waals surface area contributed by atoms with Crippen molar-refractivity contribution in [1.29, 1.82) is 0 Å². The first-order chi connectivity index (χ1) is 9.56. The van der Waals surface area contributed by atoms with Crippen LogP contribution in [0, 0.1) is 5.92 Å². The number of piperazine rings is 1. The first-order valence-electron chi connectivity index (χ1n) is 7.46. The van der Waals surface area contributed by atoms with Crippen LogP contribution < -0.4 is 5.32 Å². The van der Waals surface area contributed by atoms with Gasteiger partial charge in [-0.25, -0.2) is 9.97 Å². The van der Waals surface area contributed by atoms with E-state index in [-0.39, 0.29) is 0 Å². The lowest BCUT2D eigenvalue weighted by molar-refractivity contribution is 0.109. The number of hydrogen-bond acceptors (Lipinski definition) is 5. The van der Waals surface area contributed by atoms with Gasteiger partial charge in [-0.1, -0.05) is 13.8 Å². The Labute approximate surface area is 122 Å². The highest BCUT2D eigenvalue weighted by Gasteiger charge is 2.25. The van der Waals surface area contributed by atoms with Crippen molar-refractivity contribution >= 4 is 0 Å². The van der Waals surface area contributed by atoms with E-state index >= 15 is 0 Å². The second-order valence-corrected chi connectivity index (χ2v) is 6.23. The average molecular weight is 277 g/mol. The Morgan fingerprint density at radius 1 is 1.25 bits per heavy atom. The van der Waals surface area contributed by atoms with Gasteiger partial charge in [0.05, 0.1) is 6.04 Å². The predicted molar refractivity (Wildman–Crippen MR) is 81.4 cm³/mol. The lowest BCUT2D eigenvalue weighted by Gasteiger charge is -2.36. The van der Waals surface area contributed by atoms with Gasteiger partial charge in [-0.2, -0.15) is 0 Å². The molecule has 1 aliphatic rings. The van der Waals surface area contributed by atoms with E-state index in [4.69, 9.17) is 0 Å². The van der Waals surface area contributed by atoms with E-state index in [1.807, 2.05) is 12.4 Å². The first kappa shape index (κ1) is 15.4. The van der Waals surface area contributed by atoms with Gasteiger partial charge in [0, 0.05) is 44.1 Å². The monoisotopic (exact) mass is 277 g/mol. The highest BCUT2D eigenvalue weighted by Crippen LogP contribution is 2.19. The first-order valence-corrected chi connectivity index (χ1v) is 7.46. The molecule has 2 heterocycles. The van der Waals surface area contributed by atoms with Crippen molar-refractivity contribution in [2.24, 2.45) is 5.92 Å². The van der Waals surface area contributed by atoms with E-state index in [1.165, 1.54) is 0 Å². The Balaban J connectivity index is 1.93. The van der Waals surface area contributed by atoms with Crippen LogP contribution in [-0.2, 0) is 6.54 Å². The summed E-state index contributed by atoms with van der Waals surface area (Å²) in [4.78, 5) is 13.8. The largest absolute Gasteiger partial charge is 0.312 e. The number of nitrogens with one attached hydrogen (secondary N) is 1. The molecule has 5 nitrogen and oxygen atoms in total. The lowest BCUT2D eigenvalue weighted by Crippen LogP contribution is -2.45. The minimum Gasteiger partial charge on any atom is -0.312 e. The summed E-state index contributed by atoms with van der Waals surface area (Å²) in [6.45, 7) is 9.48. The molecule has 1 aromatic rings. The zero-order valence-electron chi connectivity index (χ0n) is 13.1. The molecule has 0 aliphatic carbocycles. The van der Waals surface area contributed by atoms with Crippen molar-refractivity contribution in [3.8, 4) is 0 Å². The summed E-state index contributed by atoms with van der Waals surface area (Å²) in [5, 5.41) is 3.42. The molecule has 1 unspecified atom stereocenters. The maximum absolute atomic E-state index is 4.57. The van der Waals surface area contributed by atoms with Gasteiger partial charge in [-0.15, -0.1) is 0 Å². The maximum atomic E-state index is 4.57. The summed E-state index contributed by atoms with van der Waals surface area (Å²) < 4.78 is 0. The molecule has 112 valence electrons. The van der Waals surface area contributed by atoms with E-state index in [0.29, 0.717) is 12.0 Å². The molecule has 0 saturated carbocycles. The van der Waals surface area contributed by atoms with Gasteiger partial charge in [-0.3, -0.25) is 4.90 Å². The molecule has 0 aromatic carbocycles. The van der Waals surface area contributed by atoms with Crippen LogP contribution in [0.4, 0.5) is 0 Å². The molecule has 1 aromatic heterocycles. The summed E-state index contributed by atoms with van der Waals surface area (Å²) in [5.74, 6) is 1.60. The minimum absolute atomic E-state index is 0.312. The number of hydrogen-bond donors (Lipinski definition) is 1. The Bertz CT molecular complexity index is 403. The SMILES string of the molecule is CC(C)CNCc1cnc(C2CN(C)CCN2C)nc1. The molecule has 1 fully saturated rings. The standard InChI is InChI=1S/C15H27N5/c1-12(2)7-16-8-13-9-17-15(18-10-13)14-11-19(3)5-6-20(14)4/h9-10,12,14,16H,5-8,11H2,1-4H3. The molecule has 0 bridgehead atoms. The Morgan fingerprint density at radius 3 is 2.60 bits per heavy atom. The molecular formula is C15H27N5. The van der Waals surface area contributed by atoms with Crippen molar-refractivity contribution in [2.45, 2.75) is 26.4 Å². The molecule has 1 N–H and O–H groups in total. The number of likely N-dealkylation sites (N-methyl/N-ethyl adjacent to an activating group) is 2. The lowest BCUT2D eigenvalue weighted by atomic mass is 10.1. The van der Waals surface area contributed by atoms with E-state index < -0.39 is 0 Å². The van der Waals surface area contributed by atoms with Gasteiger partial charge in [0.2, 0.25) is 0 Å². The van der Waals surface area contributed by atoms with Crippen LogP contribution in [-0.4, -0.2) is 60.0 Å². The second-order valence-electron chi connectivity index (χ2n) is 6.23. The van der Waals surface area contributed by atoms with Crippen LogP contribution in [0.2, 0.25) is 0 Å². The summed E-state index contributed by atoms with van der Waals surface area (Å²) in [7, 11) is 4.31. The highest BCUT2D eigenvalue weighted by atomic mass is 15.3. The van der Waals surface area contributed by atoms with Crippen molar-refractivity contribution in [3.05, 3.63) is 23.8 Å². The molecule has 2 rings (SSSR count). The zero-order chi connectivity index (χ0) is 14.5. The van der Waals surface area contributed by atoms with Crippen molar-refractivity contribution in [2.75, 3.05) is 40.3 Å². The summed E-state index contributed by atoms with van der Waals surface area (Å²) in [5.41, 5.74) is 1.15. The molecular weight excluding hydrogens is 250 g/mol. The summed E-state index contributed by atoms with van der Waals surface area (Å²) in [6.07, 6.45) is 3.91. The normalized spacial score (nSPS) is 21.6. The average Bonchev–Trinajstić information content (AvgIpc) is 2.42. The van der Waals surface area contributed by atoms with Crippen LogP contribution in [0.5, 0.6) is 0 Å². The quantitative estimate of drug-likeness (QED) is 0.874. The number of aromatic nitrogens is 2. The molecule has 20 heavy (non-hydrogen) atoms. The molecule has 0 radical (unpaired) electrons. The van der Waals surface area contributed by atoms with Crippen LogP contribution >= 0.6 is 0 Å². The summed E-state index contributed by atoms with van der Waals surface area (Å²) in [6, 6.07) is 0.312. The molecule has 5 heteroatoms. The second kappa shape index (κ2) is 7.11. The maximum Gasteiger partial charge on any atom is 0.146 e. The Hall–Kier alpha value is -1.04. The predicted octanol–water partition coefficient (Wildman–Crippen LogP) is 1.14. The van der Waals surface area contributed by atoms with E-state index in [2.05, 4.69) is 53.0 Å². The van der Waals surface area contributed by atoms with Crippen LogP contribution in [0.3, 0.4) is 0 Å². The van der Waals surface area contributed by atoms with Crippen molar-refractivity contribution in [3.63, 3.8) is 0 Å². The van der Waals surface area contributed by atoms with Gasteiger partial charge in [-0.05, 0) is 26.6 Å². The van der Waals surface area contributed by atoms with Crippen LogP contribution in [0.1, 0.15) is 31.3 Å². The van der Waals surface area contributed by atoms with Gasteiger partial charge < -0.3 is 10.2 Å². The number of rotatable bonds is 5. The third-order valence-electron chi connectivity index (χ3n) is 3.76. The highest BCUT2D eigenvalue weighted by molar-refractivity contribution is 5.08. The third kappa shape index (κ3) is 4.23.